The molecule has 0 unspecified atom stereocenters. The molecule has 0 aromatic heterocycles. The van der Waals surface area contributed by atoms with Gasteiger partial charge in [-0.2, -0.15) is 0 Å². The van der Waals surface area contributed by atoms with Crippen LogP contribution in [0.1, 0.15) is 24.2 Å². The lowest BCUT2D eigenvalue weighted by Gasteiger charge is -2.11. The van der Waals surface area contributed by atoms with Crippen LogP contribution < -0.4 is 5.32 Å². The zero-order valence-electron chi connectivity index (χ0n) is 9.84. The van der Waals surface area contributed by atoms with Crippen molar-refractivity contribution < 1.29 is 19.6 Å². The number of benzene rings is 1. The lowest BCUT2D eigenvalue weighted by Crippen LogP contribution is -2.25. The number of ketones is 1. The Morgan fingerprint density at radius 1 is 1.44 bits per heavy atom. The number of carbonyl (C=O) groups is 2. The smallest absolute Gasteiger partial charge is 0.325 e. The van der Waals surface area contributed by atoms with Gasteiger partial charge in [0.15, 0.2) is 5.78 Å². The lowest BCUT2D eigenvalue weighted by molar-refractivity contribution is -0.384. The molecule has 18 heavy (non-hydrogen) atoms. The SMILES string of the molecule is CC(=O)c1ccc(N[C@H](C)C(=O)O)c([N+](=O)[O-])c1. The van der Waals surface area contributed by atoms with Crippen LogP contribution in [0.25, 0.3) is 0 Å². The number of hydrogen-bond donors (Lipinski definition) is 2. The van der Waals surface area contributed by atoms with E-state index in [1.165, 1.54) is 26.0 Å². The fraction of sp³-hybridized carbons (Fsp3) is 0.273. The van der Waals surface area contributed by atoms with Crippen LogP contribution in [0.15, 0.2) is 18.2 Å². The molecule has 2 N–H and O–H groups in total. The highest BCUT2D eigenvalue weighted by Gasteiger charge is 2.19. The van der Waals surface area contributed by atoms with E-state index in [2.05, 4.69) is 5.32 Å². The van der Waals surface area contributed by atoms with E-state index in [1.807, 2.05) is 0 Å². The van der Waals surface area contributed by atoms with Crippen molar-refractivity contribution in [3.63, 3.8) is 0 Å². The molecule has 0 aliphatic heterocycles. The van der Waals surface area contributed by atoms with Gasteiger partial charge in [-0.05, 0) is 26.0 Å². The molecular formula is C11H12N2O5. The molecule has 0 aliphatic carbocycles. The van der Waals surface area contributed by atoms with Gasteiger partial charge in [0.1, 0.15) is 11.7 Å². The minimum Gasteiger partial charge on any atom is -0.480 e. The van der Waals surface area contributed by atoms with Crippen molar-refractivity contribution in [1.82, 2.24) is 0 Å². The van der Waals surface area contributed by atoms with Crippen LogP contribution in [0.2, 0.25) is 0 Å². The Kier molecular flexibility index (Phi) is 3.98. The highest BCUT2D eigenvalue weighted by Crippen LogP contribution is 2.26. The number of nitrogens with one attached hydrogen (secondary N) is 1. The molecule has 0 amide bonds. The highest BCUT2D eigenvalue weighted by atomic mass is 16.6. The van der Waals surface area contributed by atoms with E-state index in [0.717, 1.165) is 6.07 Å². The third-order valence-corrected chi connectivity index (χ3v) is 2.34. The molecule has 7 nitrogen and oxygen atoms in total. The predicted molar refractivity (Wildman–Crippen MR) is 63.8 cm³/mol. The first-order chi connectivity index (χ1) is 8.32. The second-order valence-electron chi connectivity index (χ2n) is 3.75. The second-order valence-corrected chi connectivity index (χ2v) is 3.75. The quantitative estimate of drug-likeness (QED) is 0.468. The maximum Gasteiger partial charge on any atom is 0.325 e. The number of nitrogens with zero attached hydrogens (tertiary/aromatic N) is 1. The van der Waals surface area contributed by atoms with E-state index in [4.69, 9.17) is 5.11 Å². The van der Waals surface area contributed by atoms with Gasteiger partial charge in [-0.3, -0.25) is 19.7 Å². The van der Waals surface area contributed by atoms with Crippen LogP contribution in [0, 0.1) is 10.1 Å². The number of anilines is 1. The fourth-order valence-electron chi connectivity index (χ4n) is 1.32. The van der Waals surface area contributed by atoms with Crippen molar-refractivity contribution >= 4 is 23.1 Å². The Labute approximate surface area is 103 Å². The van der Waals surface area contributed by atoms with Gasteiger partial charge >= 0.3 is 5.97 Å². The molecule has 96 valence electrons. The van der Waals surface area contributed by atoms with Gasteiger partial charge < -0.3 is 10.4 Å². The van der Waals surface area contributed by atoms with Crippen molar-refractivity contribution in [3.05, 3.63) is 33.9 Å². The molecule has 1 aromatic carbocycles. The number of Topliss-reactive ketones (excluding diaryl/α,β-unsaturated/α-hetero) is 1. The van der Waals surface area contributed by atoms with Gasteiger partial charge in [-0.25, -0.2) is 0 Å². The van der Waals surface area contributed by atoms with Crippen molar-refractivity contribution in [2.24, 2.45) is 0 Å². The molecule has 0 heterocycles. The lowest BCUT2D eigenvalue weighted by atomic mass is 10.1. The Morgan fingerprint density at radius 3 is 2.50 bits per heavy atom. The first-order valence-electron chi connectivity index (χ1n) is 5.11. The summed E-state index contributed by atoms with van der Waals surface area (Å²) in [5.41, 5.74) is -0.0501. The normalized spacial score (nSPS) is 11.7. The maximum absolute atomic E-state index is 11.1. The van der Waals surface area contributed by atoms with Gasteiger partial charge in [0.05, 0.1) is 4.92 Å². The molecule has 0 saturated carbocycles. The number of nitro groups is 1. The zero-order valence-corrected chi connectivity index (χ0v) is 9.84. The summed E-state index contributed by atoms with van der Waals surface area (Å²) in [6, 6.07) is 2.90. The van der Waals surface area contributed by atoms with Crippen molar-refractivity contribution in [2.45, 2.75) is 19.9 Å². The molecule has 1 aromatic rings. The third-order valence-electron chi connectivity index (χ3n) is 2.34. The largest absolute Gasteiger partial charge is 0.480 e. The predicted octanol–water partition coefficient (Wildman–Crippen LogP) is 1.68. The van der Waals surface area contributed by atoms with Crippen LogP contribution in [-0.2, 0) is 4.79 Å². The number of carboxylic acids is 1. The minimum absolute atomic E-state index is 0.0694. The van der Waals surface area contributed by atoms with Crippen LogP contribution in [0.5, 0.6) is 0 Å². The summed E-state index contributed by atoms with van der Waals surface area (Å²) in [7, 11) is 0. The first kappa shape index (κ1) is 13.6. The molecule has 0 fully saturated rings. The number of carbonyl (C=O) groups excluding carboxylic acids is 1. The van der Waals surface area contributed by atoms with Gasteiger partial charge in [-0.15, -0.1) is 0 Å². The van der Waals surface area contributed by atoms with Crippen molar-refractivity contribution in [3.8, 4) is 0 Å². The van der Waals surface area contributed by atoms with E-state index < -0.39 is 16.9 Å². The Morgan fingerprint density at radius 2 is 2.06 bits per heavy atom. The fourth-order valence-corrected chi connectivity index (χ4v) is 1.32. The monoisotopic (exact) mass is 252 g/mol. The van der Waals surface area contributed by atoms with E-state index in [-0.39, 0.29) is 22.7 Å². The molecule has 0 aliphatic rings. The Bertz CT molecular complexity index is 512. The molecule has 0 radical (unpaired) electrons. The standard InChI is InChI=1S/C11H12N2O5/c1-6(11(15)16)12-9-4-3-8(7(2)14)5-10(9)13(17)18/h3-6,12H,1-2H3,(H,15,16)/t6-/m1/s1. The van der Waals surface area contributed by atoms with Gasteiger partial charge in [0.25, 0.3) is 5.69 Å². The molecular weight excluding hydrogens is 240 g/mol. The summed E-state index contributed by atoms with van der Waals surface area (Å²) in [6.45, 7) is 2.66. The molecule has 1 rings (SSSR count). The first-order valence-corrected chi connectivity index (χ1v) is 5.11. The molecule has 0 bridgehead atoms. The zero-order chi connectivity index (χ0) is 13.9. The van der Waals surface area contributed by atoms with Gasteiger partial charge in [-0.1, -0.05) is 0 Å². The number of hydrogen-bond acceptors (Lipinski definition) is 5. The topological polar surface area (TPSA) is 110 Å². The number of carboxylic acid groups (broad SMARTS) is 1. The van der Waals surface area contributed by atoms with E-state index >= 15 is 0 Å². The summed E-state index contributed by atoms with van der Waals surface area (Å²) in [6.07, 6.45) is 0. The highest BCUT2D eigenvalue weighted by molar-refractivity contribution is 5.95. The summed E-state index contributed by atoms with van der Waals surface area (Å²) in [5, 5.41) is 22.1. The van der Waals surface area contributed by atoms with Gasteiger partial charge in [0.2, 0.25) is 0 Å². The second kappa shape index (κ2) is 5.26. The Balaban J connectivity index is 3.16. The Hall–Kier alpha value is -2.44. The minimum atomic E-state index is -1.13. The van der Waals surface area contributed by atoms with Gasteiger partial charge in [0, 0.05) is 11.6 Å². The van der Waals surface area contributed by atoms with Crippen molar-refractivity contribution in [1.29, 1.82) is 0 Å². The van der Waals surface area contributed by atoms with Crippen LogP contribution in [0.3, 0.4) is 0 Å². The maximum atomic E-state index is 11.1. The number of aliphatic carboxylic acids is 1. The third kappa shape index (κ3) is 3.03. The van der Waals surface area contributed by atoms with Crippen LogP contribution in [-0.4, -0.2) is 27.8 Å². The summed E-state index contributed by atoms with van der Waals surface area (Å²) in [4.78, 5) is 32.0. The summed E-state index contributed by atoms with van der Waals surface area (Å²) < 4.78 is 0. The van der Waals surface area contributed by atoms with E-state index in [9.17, 15) is 19.7 Å². The number of rotatable bonds is 5. The van der Waals surface area contributed by atoms with Crippen molar-refractivity contribution in [2.75, 3.05) is 5.32 Å². The summed E-state index contributed by atoms with van der Waals surface area (Å²) >= 11 is 0. The van der Waals surface area contributed by atoms with Crippen LogP contribution in [0.4, 0.5) is 11.4 Å². The average molecular weight is 252 g/mol. The van der Waals surface area contributed by atoms with E-state index in [0.29, 0.717) is 0 Å². The van der Waals surface area contributed by atoms with E-state index in [1.54, 1.807) is 0 Å². The molecule has 0 spiro atoms. The average Bonchev–Trinajstić information content (AvgIpc) is 2.28. The number of nitro benzene ring substituents is 1. The molecule has 0 saturated heterocycles. The summed E-state index contributed by atoms with van der Waals surface area (Å²) in [5.74, 6) is -1.42. The van der Waals surface area contributed by atoms with Crippen LogP contribution >= 0.6 is 0 Å². The molecule has 7 heteroatoms. The molecule has 1 atom stereocenters.